The van der Waals surface area contributed by atoms with E-state index in [1.165, 1.54) is 0 Å². The molecule has 1 aliphatic rings. The molecule has 0 saturated carbocycles. The number of aromatic nitrogens is 3. The zero-order chi connectivity index (χ0) is 24.4. The van der Waals surface area contributed by atoms with Crippen molar-refractivity contribution in [3.8, 4) is 22.4 Å². The van der Waals surface area contributed by atoms with Crippen molar-refractivity contribution < 1.29 is 9.53 Å². The van der Waals surface area contributed by atoms with Crippen LogP contribution in [0.5, 0.6) is 0 Å². The Morgan fingerprint density at radius 2 is 1.71 bits per heavy atom. The van der Waals surface area contributed by atoms with Crippen LogP contribution >= 0.6 is 11.3 Å². The van der Waals surface area contributed by atoms with Gasteiger partial charge in [0.1, 0.15) is 11.6 Å². The third-order valence-corrected chi connectivity index (χ3v) is 7.36. The average Bonchev–Trinajstić information content (AvgIpc) is 3.33. The summed E-state index contributed by atoms with van der Waals surface area (Å²) in [6.07, 6.45) is 4.74. The number of nitrogens with two attached hydrogens (primary N) is 1. The van der Waals surface area contributed by atoms with Crippen LogP contribution in [0, 0.1) is 13.8 Å². The summed E-state index contributed by atoms with van der Waals surface area (Å²) in [5.41, 5.74) is 10.9. The van der Waals surface area contributed by atoms with E-state index in [1.54, 1.807) is 23.7 Å². The van der Waals surface area contributed by atoms with Crippen LogP contribution in [-0.2, 0) is 14.9 Å². The number of benzene rings is 1. The maximum atomic E-state index is 13.6. The number of rotatable bonds is 5. The molecule has 1 amide bonds. The van der Waals surface area contributed by atoms with Crippen LogP contribution in [0.4, 0.5) is 11.6 Å². The summed E-state index contributed by atoms with van der Waals surface area (Å²) in [4.78, 5) is 26.9. The number of nitrogens with zero attached hydrogens (tertiary/aromatic N) is 3. The molecule has 0 aliphatic carbocycles. The van der Waals surface area contributed by atoms with Gasteiger partial charge in [-0.2, -0.15) is 0 Å². The number of hydrogen-bond acceptors (Lipinski definition) is 7. The summed E-state index contributed by atoms with van der Waals surface area (Å²) in [6.45, 7) is 4.99. The molecule has 0 atom stereocenters. The van der Waals surface area contributed by atoms with Gasteiger partial charge in [0.15, 0.2) is 0 Å². The number of carbonyl (C=O) groups is 1. The summed E-state index contributed by atoms with van der Waals surface area (Å²) in [6, 6.07) is 13.9. The van der Waals surface area contributed by atoms with E-state index in [1.807, 2.05) is 61.7 Å². The number of pyridine rings is 2. The second kappa shape index (κ2) is 9.56. The van der Waals surface area contributed by atoms with Gasteiger partial charge in [-0.25, -0.2) is 15.0 Å². The molecule has 178 valence electrons. The molecule has 0 radical (unpaired) electrons. The average molecular weight is 486 g/mol. The Bertz CT molecular complexity index is 1340. The van der Waals surface area contributed by atoms with E-state index in [4.69, 9.17) is 10.5 Å². The third kappa shape index (κ3) is 4.67. The van der Waals surface area contributed by atoms with E-state index in [9.17, 15) is 4.79 Å². The van der Waals surface area contributed by atoms with Gasteiger partial charge >= 0.3 is 0 Å². The van der Waals surface area contributed by atoms with Crippen LogP contribution in [0.15, 0.2) is 60.2 Å². The Morgan fingerprint density at radius 3 is 2.34 bits per heavy atom. The highest BCUT2D eigenvalue weighted by atomic mass is 32.1. The molecule has 4 heterocycles. The molecule has 3 aromatic heterocycles. The molecule has 1 saturated heterocycles. The molecule has 0 spiro atoms. The lowest BCUT2D eigenvalue weighted by Gasteiger charge is -2.36. The number of thiazole rings is 1. The lowest BCUT2D eigenvalue weighted by atomic mass is 9.73. The van der Waals surface area contributed by atoms with Crippen molar-refractivity contribution in [3.63, 3.8) is 0 Å². The molecule has 1 fully saturated rings. The molecule has 5 rings (SSSR count). The first-order chi connectivity index (χ1) is 16.9. The van der Waals surface area contributed by atoms with E-state index in [0.29, 0.717) is 37.7 Å². The van der Waals surface area contributed by atoms with E-state index in [-0.39, 0.29) is 5.91 Å². The number of amides is 1. The van der Waals surface area contributed by atoms with Crippen molar-refractivity contribution in [1.29, 1.82) is 0 Å². The maximum Gasteiger partial charge on any atom is 0.236 e. The molecule has 1 aliphatic heterocycles. The molecule has 1 aromatic carbocycles. The molecule has 7 nitrogen and oxygen atoms in total. The van der Waals surface area contributed by atoms with Crippen LogP contribution in [0.3, 0.4) is 0 Å². The minimum Gasteiger partial charge on any atom is -0.383 e. The molecule has 0 unspecified atom stereocenters. The first-order valence-corrected chi connectivity index (χ1v) is 12.4. The van der Waals surface area contributed by atoms with E-state index < -0.39 is 5.41 Å². The molecule has 35 heavy (non-hydrogen) atoms. The van der Waals surface area contributed by atoms with Crippen LogP contribution in [-0.4, -0.2) is 34.1 Å². The molecule has 0 bridgehead atoms. The number of aryl methyl sites for hydroxylation is 2. The predicted molar refractivity (Wildman–Crippen MR) is 139 cm³/mol. The van der Waals surface area contributed by atoms with Crippen LogP contribution in [0.2, 0.25) is 0 Å². The normalized spacial score (nSPS) is 15.0. The zero-order valence-electron chi connectivity index (χ0n) is 19.7. The van der Waals surface area contributed by atoms with Gasteiger partial charge < -0.3 is 15.8 Å². The molecular weight excluding hydrogens is 458 g/mol. The lowest BCUT2D eigenvalue weighted by Crippen LogP contribution is -2.45. The standard InChI is InChI=1S/C27H27N5O2S/c1-17-13-21(15-30-25(17)28)19-3-6-22(7-4-19)27(9-11-34-12-10-27)26(33)32-24-8-5-20(14-29-24)23-16-35-18(2)31-23/h3-8,13-16H,9-12H2,1-2H3,(H2,28,30)(H,29,32,33). The first-order valence-electron chi connectivity index (χ1n) is 11.6. The topological polar surface area (TPSA) is 103 Å². The fraction of sp³-hybridized carbons (Fsp3) is 0.259. The summed E-state index contributed by atoms with van der Waals surface area (Å²) in [5.74, 6) is 0.992. The Hall–Kier alpha value is -3.62. The van der Waals surface area contributed by atoms with Crippen molar-refractivity contribution in [2.45, 2.75) is 32.1 Å². The van der Waals surface area contributed by atoms with Crippen LogP contribution in [0.25, 0.3) is 22.4 Å². The second-order valence-electron chi connectivity index (χ2n) is 8.84. The first kappa shape index (κ1) is 23.1. The quantitative estimate of drug-likeness (QED) is 0.405. The summed E-state index contributed by atoms with van der Waals surface area (Å²) in [7, 11) is 0. The molecular formula is C27H27N5O2S. The fourth-order valence-electron chi connectivity index (χ4n) is 4.44. The van der Waals surface area contributed by atoms with E-state index in [0.717, 1.165) is 38.5 Å². The Balaban J connectivity index is 1.39. The highest BCUT2D eigenvalue weighted by Gasteiger charge is 2.42. The van der Waals surface area contributed by atoms with E-state index >= 15 is 0 Å². The number of nitrogens with one attached hydrogen (secondary N) is 1. The van der Waals surface area contributed by atoms with Gasteiger partial charge in [0.05, 0.1) is 16.1 Å². The van der Waals surface area contributed by atoms with Gasteiger partial charge in [-0.3, -0.25) is 4.79 Å². The SMILES string of the molecule is Cc1nc(-c2ccc(NC(=O)C3(c4ccc(-c5cnc(N)c(C)c5)cc4)CCOCC3)nc2)cs1. The van der Waals surface area contributed by atoms with Gasteiger partial charge in [-0.1, -0.05) is 24.3 Å². The summed E-state index contributed by atoms with van der Waals surface area (Å²) in [5, 5.41) is 6.06. The van der Waals surface area contributed by atoms with Gasteiger partial charge in [0, 0.05) is 42.1 Å². The minimum atomic E-state index is -0.682. The van der Waals surface area contributed by atoms with E-state index in [2.05, 4.69) is 20.3 Å². The number of anilines is 2. The monoisotopic (exact) mass is 485 g/mol. The van der Waals surface area contributed by atoms with Crippen molar-refractivity contribution >= 4 is 28.9 Å². The van der Waals surface area contributed by atoms with Crippen LogP contribution in [0.1, 0.15) is 29.0 Å². The fourth-order valence-corrected chi connectivity index (χ4v) is 5.06. The maximum absolute atomic E-state index is 13.6. The lowest BCUT2D eigenvalue weighted by molar-refractivity contribution is -0.125. The summed E-state index contributed by atoms with van der Waals surface area (Å²) >= 11 is 1.60. The van der Waals surface area contributed by atoms with Crippen molar-refractivity contribution in [1.82, 2.24) is 15.0 Å². The highest BCUT2D eigenvalue weighted by Crippen LogP contribution is 2.37. The van der Waals surface area contributed by atoms with Crippen LogP contribution < -0.4 is 11.1 Å². The largest absolute Gasteiger partial charge is 0.383 e. The highest BCUT2D eigenvalue weighted by molar-refractivity contribution is 7.09. The van der Waals surface area contributed by atoms with Gasteiger partial charge in [0.25, 0.3) is 0 Å². The number of carbonyl (C=O) groups excluding carboxylic acids is 1. The summed E-state index contributed by atoms with van der Waals surface area (Å²) < 4.78 is 5.61. The molecule has 3 N–H and O–H groups in total. The van der Waals surface area contributed by atoms with Crippen molar-refractivity contribution in [2.75, 3.05) is 24.3 Å². The third-order valence-electron chi connectivity index (χ3n) is 6.59. The molecule has 8 heteroatoms. The van der Waals surface area contributed by atoms with Gasteiger partial charge in [-0.05, 0) is 61.6 Å². The Kier molecular flexibility index (Phi) is 6.32. The number of hydrogen-bond donors (Lipinski definition) is 2. The zero-order valence-corrected chi connectivity index (χ0v) is 20.6. The number of nitrogen functional groups attached to an aromatic ring is 1. The number of ether oxygens (including phenoxy) is 1. The molecule has 4 aromatic rings. The minimum absolute atomic E-state index is 0.0664. The Labute approximate surface area is 208 Å². The smallest absolute Gasteiger partial charge is 0.236 e. The second-order valence-corrected chi connectivity index (χ2v) is 9.90. The predicted octanol–water partition coefficient (Wildman–Crippen LogP) is 5.15. The Morgan fingerprint density at radius 1 is 1.00 bits per heavy atom. The van der Waals surface area contributed by atoms with Gasteiger partial charge in [-0.15, -0.1) is 11.3 Å². The van der Waals surface area contributed by atoms with Gasteiger partial charge in [0.2, 0.25) is 5.91 Å². The van der Waals surface area contributed by atoms with Crippen molar-refractivity contribution in [2.24, 2.45) is 0 Å². The van der Waals surface area contributed by atoms with Crippen molar-refractivity contribution in [3.05, 3.63) is 76.4 Å².